The number of rotatable bonds is 6. The molecule has 182 valence electrons. The highest BCUT2D eigenvalue weighted by Gasteiger charge is 2.31. The van der Waals surface area contributed by atoms with E-state index in [0.29, 0.717) is 21.3 Å². The molecule has 1 heterocycles. The minimum Gasteiger partial charge on any atom is -0.465 e. The van der Waals surface area contributed by atoms with Crippen molar-refractivity contribution in [2.45, 2.75) is 45.8 Å². The molecular formula is C23H22F5N3O3. The van der Waals surface area contributed by atoms with Gasteiger partial charge in [0, 0.05) is 16.7 Å². The first-order valence-electron chi connectivity index (χ1n) is 10.0. The Bertz CT molecular complexity index is 1210. The number of fused-ring (bicyclic) bond motifs is 1. The molecule has 0 fully saturated rings. The third-order valence-corrected chi connectivity index (χ3v) is 5.15. The van der Waals surface area contributed by atoms with Crippen molar-refractivity contribution in [1.82, 2.24) is 14.5 Å². The van der Waals surface area contributed by atoms with Gasteiger partial charge in [-0.25, -0.2) is 9.78 Å². The molecule has 0 saturated heterocycles. The highest BCUT2D eigenvalue weighted by atomic mass is 19.4. The van der Waals surface area contributed by atoms with Gasteiger partial charge in [-0.3, -0.25) is 9.47 Å². The Labute approximate surface area is 191 Å². The molecule has 0 spiro atoms. The average molecular weight is 483 g/mol. The van der Waals surface area contributed by atoms with Crippen molar-refractivity contribution in [1.29, 1.82) is 0 Å². The van der Waals surface area contributed by atoms with Gasteiger partial charge in [0.25, 0.3) is 0 Å². The van der Waals surface area contributed by atoms with Crippen LogP contribution < -0.4 is 4.74 Å². The topological polar surface area (TPSA) is 67.6 Å². The molecule has 34 heavy (non-hydrogen) atoms. The Morgan fingerprint density at radius 1 is 1.24 bits per heavy atom. The molecule has 1 aromatic heterocycles. The number of amides is 1. The van der Waals surface area contributed by atoms with E-state index in [9.17, 15) is 31.9 Å². The molecule has 0 atom stereocenters. The van der Waals surface area contributed by atoms with E-state index in [1.165, 1.54) is 18.2 Å². The van der Waals surface area contributed by atoms with Crippen molar-refractivity contribution in [3.05, 3.63) is 54.4 Å². The van der Waals surface area contributed by atoms with Gasteiger partial charge in [0.15, 0.2) is 0 Å². The molecule has 0 bridgehead atoms. The van der Waals surface area contributed by atoms with Gasteiger partial charge in [-0.05, 0) is 50.1 Å². The van der Waals surface area contributed by atoms with E-state index in [1.807, 2.05) is 0 Å². The van der Waals surface area contributed by atoms with E-state index in [4.69, 9.17) is 0 Å². The quantitative estimate of drug-likeness (QED) is 0.387. The summed E-state index contributed by atoms with van der Waals surface area (Å²) >= 11 is 0. The number of benzene rings is 2. The van der Waals surface area contributed by atoms with Gasteiger partial charge in [-0.15, -0.1) is 13.2 Å². The Morgan fingerprint density at radius 3 is 2.32 bits per heavy atom. The zero-order valence-corrected chi connectivity index (χ0v) is 18.5. The van der Waals surface area contributed by atoms with Crippen LogP contribution in [0, 0.1) is 0 Å². The lowest BCUT2D eigenvalue weighted by molar-refractivity contribution is -0.274. The summed E-state index contributed by atoms with van der Waals surface area (Å²) in [7, 11) is 0. The Kier molecular flexibility index (Phi) is 6.59. The van der Waals surface area contributed by atoms with Gasteiger partial charge in [0.05, 0.1) is 17.6 Å². The molecule has 3 rings (SSSR count). The zero-order valence-electron chi connectivity index (χ0n) is 18.5. The minimum absolute atomic E-state index is 0.0346. The molecule has 1 N–H and O–H groups in total. The highest BCUT2D eigenvalue weighted by Crippen LogP contribution is 2.37. The van der Waals surface area contributed by atoms with Gasteiger partial charge in [0.2, 0.25) is 0 Å². The third-order valence-electron chi connectivity index (χ3n) is 5.15. The normalized spacial score (nSPS) is 12.3. The van der Waals surface area contributed by atoms with Crippen molar-refractivity contribution in [2.75, 3.05) is 0 Å². The molecule has 0 saturated carbocycles. The van der Waals surface area contributed by atoms with Gasteiger partial charge >= 0.3 is 19.0 Å². The van der Waals surface area contributed by atoms with Crippen molar-refractivity contribution in [3.63, 3.8) is 0 Å². The van der Waals surface area contributed by atoms with E-state index in [-0.39, 0.29) is 23.1 Å². The summed E-state index contributed by atoms with van der Waals surface area (Å²) in [6.07, 6.45) is -3.77. The van der Waals surface area contributed by atoms with Crippen LogP contribution in [0.3, 0.4) is 0 Å². The second-order valence-corrected chi connectivity index (χ2v) is 8.44. The number of alkyl halides is 5. The fourth-order valence-corrected chi connectivity index (χ4v) is 3.62. The van der Waals surface area contributed by atoms with Crippen molar-refractivity contribution < 1.29 is 36.6 Å². The van der Waals surface area contributed by atoms with E-state index in [1.54, 1.807) is 26.8 Å². The van der Waals surface area contributed by atoms with Crippen LogP contribution in [-0.2, 0) is 6.54 Å². The number of imidazole rings is 1. The SMILES string of the molecule is C=Cc1c(CN(C(=O)O)C(C)(C)C)cc(-c2ccc(OC(F)(F)F)cc2)c2ncn(C(F)F)c12. The van der Waals surface area contributed by atoms with E-state index in [0.717, 1.165) is 23.4 Å². The molecule has 1 amide bonds. The predicted molar refractivity (Wildman–Crippen MR) is 117 cm³/mol. The second kappa shape index (κ2) is 8.96. The third kappa shape index (κ3) is 5.13. The lowest BCUT2D eigenvalue weighted by Crippen LogP contribution is -2.44. The number of carbonyl (C=O) groups is 1. The van der Waals surface area contributed by atoms with Crippen molar-refractivity contribution in [2.24, 2.45) is 0 Å². The van der Waals surface area contributed by atoms with Gasteiger partial charge in [-0.1, -0.05) is 24.8 Å². The smallest absolute Gasteiger partial charge is 0.465 e. The van der Waals surface area contributed by atoms with Gasteiger partial charge in [-0.2, -0.15) is 8.78 Å². The van der Waals surface area contributed by atoms with Crippen LogP contribution in [0.1, 0.15) is 38.4 Å². The van der Waals surface area contributed by atoms with Crippen LogP contribution in [0.5, 0.6) is 5.75 Å². The Hall–Kier alpha value is -3.63. The van der Waals surface area contributed by atoms with E-state index < -0.39 is 30.3 Å². The first-order valence-corrected chi connectivity index (χ1v) is 10.0. The summed E-state index contributed by atoms with van der Waals surface area (Å²) in [4.78, 5) is 17.2. The van der Waals surface area contributed by atoms with Crippen LogP contribution in [0.15, 0.2) is 43.2 Å². The fraction of sp³-hybridized carbons (Fsp3) is 0.304. The van der Waals surface area contributed by atoms with E-state index >= 15 is 0 Å². The predicted octanol–water partition coefficient (Wildman–Crippen LogP) is 6.92. The molecular weight excluding hydrogens is 461 g/mol. The highest BCUT2D eigenvalue weighted by molar-refractivity contribution is 5.98. The summed E-state index contributed by atoms with van der Waals surface area (Å²) in [6, 6.07) is 6.46. The maximum Gasteiger partial charge on any atom is 0.573 e. The molecule has 0 aliphatic heterocycles. The Balaban J connectivity index is 2.24. The molecule has 6 nitrogen and oxygen atoms in total. The maximum atomic E-state index is 13.8. The summed E-state index contributed by atoms with van der Waals surface area (Å²) in [5, 5.41) is 9.72. The maximum absolute atomic E-state index is 13.8. The number of hydrogen-bond acceptors (Lipinski definition) is 3. The van der Waals surface area contributed by atoms with Crippen LogP contribution >= 0.6 is 0 Å². The molecule has 3 aromatic rings. The van der Waals surface area contributed by atoms with Gasteiger partial charge < -0.3 is 9.84 Å². The van der Waals surface area contributed by atoms with E-state index in [2.05, 4.69) is 16.3 Å². The number of carboxylic acid groups (broad SMARTS) is 1. The van der Waals surface area contributed by atoms with Crippen LogP contribution in [-0.4, -0.2) is 37.6 Å². The van der Waals surface area contributed by atoms with Crippen LogP contribution in [0.25, 0.3) is 28.2 Å². The molecule has 0 unspecified atom stereocenters. The van der Waals surface area contributed by atoms with Crippen LogP contribution in [0.2, 0.25) is 0 Å². The largest absolute Gasteiger partial charge is 0.573 e. The number of ether oxygens (including phenoxy) is 1. The standard InChI is InChI=1S/C23H22F5N3O3/c1-5-16-14(11-31(21(32)33)22(2,3)4)10-17(18-19(16)30(12-29-18)20(24)25)13-6-8-15(9-7-13)34-23(26,27)28/h5-10,12,20H,1,11H2,2-4H3,(H,32,33). The lowest BCUT2D eigenvalue weighted by atomic mass is 9.95. The average Bonchev–Trinajstić information content (AvgIpc) is 3.15. The monoisotopic (exact) mass is 483 g/mol. The number of halogens is 5. The van der Waals surface area contributed by atoms with Gasteiger partial charge in [0.1, 0.15) is 12.1 Å². The molecule has 0 aliphatic carbocycles. The Morgan fingerprint density at radius 2 is 1.85 bits per heavy atom. The van der Waals surface area contributed by atoms with Crippen molar-refractivity contribution >= 4 is 23.2 Å². The fourth-order valence-electron chi connectivity index (χ4n) is 3.62. The summed E-state index contributed by atoms with van der Waals surface area (Å²) in [5.74, 6) is -0.446. The zero-order chi connectivity index (χ0) is 25.4. The second-order valence-electron chi connectivity index (χ2n) is 8.44. The lowest BCUT2D eigenvalue weighted by Gasteiger charge is -2.33. The summed E-state index contributed by atoms with van der Waals surface area (Å²) in [6.45, 7) is 5.70. The summed E-state index contributed by atoms with van der Waals surface area (Å²) < 4.78 is 69.6. The van der Waals surface area contributed by atoms with Crippen molar-refractivity contribution in [3.8, 4) is 16.9 Å². The molecule has 11 heteroatoms. The first-order chi connectivity index (χ1) is 15.7. The number of hydrogen-bond donors (Lipinski definition) is 1. The first kappa shape index (κ1) is 25.0. The number of aromatic nitrogens is 2. The molecule has 0 radical (unpaired) electrons. The molecule has 2 aromatic carbocycles. The number of nitrogens with zero attached hydrogens (tertiary/aromatic N) is 3. The summed E-state index contributed by atoms with van der Waals surface area (Å²) in [5.41, 5.74) is 0.783. The molecule has 0 aliphatic rings. The van der Waals surface area contributed by atoms with Crippen LogP contribution in [0.4, 0.5) is 26.7 Å². The minimum atomic E-state index is -4.86.